The predicted molar refractivity (Wildman–Crippen MR) is 60.4 cm³/mol. The van der Waals surface area contributed by atoms with Crippen molar-refractivity contribution < 1.29 is 4.74 Å². The van der Waals surface area contributed by atoms with Gasteiger partial charge in [-0.25, -0.2) is 4.68 Å². The van der Waals surface area contributed by atoms with E-state index in [0.717, 1.165) is 17.1 Å². The van der Waals surface area contributed by atoms with Gasteiger partial charge in [-0.3, -0.25) is 0 Å². The van der Waals surface area contributed by atoms with Gasteiger partial charge in [0.15, 0.2) is 0 Å². The molecule has 0 saturated carbocycles. The summed E-state index contributed by atoms with van der Waals surface area (Å²) in [6.07, 6.45) is 1.66. The SMILES string of the molecule is CCOc1ccccc1-n1nncc1CN. The molecule has 0 atom stereocenters. The van der Waals surface area contributed by atoms with E-state index < -0.39 is 0 Å². The minimum atomic E-state index is 0.396. The maximum atomic E-state index is 5.61. The number of para-hydroxylation sites is 2. The average molecular weight is 218 g/mol. The van der Waals surface area contributed by atoms with Gasteiger partial charge in [-0.2, -0.15) is 0 Å². The van der Waals surface area contributed by atoms with E-state index in [4.69, 9.17) is 10.5 Å². The summed E-state index contributed by atoms with van der Waals surface area (Å²) in [4.78, 5) is 0. The molecule has 16 heavy (non-hydrogen) atoms. The Hall–Kier alpha value is -1.88. The zero-order valence-corrected chi connectivity index (χ0v) is 9.13. The van der Waals surface area contributed by atoms with Crippen LogP contribution in [0.5, 0.6) is 5.75 Å². The number of nitrogens with two attached hydrogens (primary N) is 1. The molecule has 0 aliphatic carbocycles. The molecular weight excluding hydrogens is 204 g/mol. The van der Waals surface area contributed by atoms with E-state index in [-0.39, 0.29) is 0 Å². The maximum absolute atomic E-state index is 5.61. The third kappa shape index (κ3) is 1.90. The molecule has 84 valence electrons. The molecule has 0 bridgehead atoms. The highest BCUT2D eigenvalue weighted by molar-refractivity contribution is 5.46. The number of nitrogens with zero attached hydrogens (tertiary/aromatic N) is 3. The summed E-state index contributed by atoms with van der Waals surface area (Å²) in [7, 11) is 0. The Morgan fingerprint density at radius 2 is 2.19 bits per heavy atom. The molecule has 5 nitrogen and oxygen atoms in total. The van der Waals surface area contributed by atoms with Gasteiger partial charge in [-0.05, 0) is 19.1 Å². The summed E-state index contributed by atoms with van der Waals surface area (Å²) in [6, 6.07) is 7.69. The van der Waals surface area contributed by atoms with E-state index in [0.29, 0.717) is 13.2 Å². The van der Waals surface area contributed by atoms with Crippen LogP contribution in [0.15, 0.2) is 30.5 Å². The first-order valence-corrected chi connectivity index (χ1v) is 5.18. The quantitative estimate of drug-likeness (QED) is 0.835. The summed E-state index contributed by atoms with van der Waals surface area (Å²) in [6.45, 7) is 2.96. The number of rotatable bonds is 4. The Morgan fingerprint density at radius 3 is 2.94 bits per heavy atom. The van der Waals surface area contributed by atoms with Gasteiger partial charge in [-0.15, -0.1) is 5.10 Å². The fraction of sp³-hybridized carbons (Fsp3) is 0.273. The van der Waals surface area contributed by atoms with Gasteiger partial charge < -0.3 is 10.5 Å². The molecule has 0 amide bonds. The third-order valence-electron chi connectivity index (χ3n) is 2.22. The van der Waals surface area contributed by atoms with Crippen molar-refractivity contribution in [3.63, 3.8) is 0 Å². The van der Waals surface area contributed by atoms with Gasteiger partial charge in [-0.1, -0.05) is 17.3 Å². The van der Waals surface area contributed by atoms with Crippen molar-refractivity contribution in [2.45, 2.75) is 13.5 Å². The minimum Gasteiger partial charge on any atom is -0.492 e. The van der Waals surface area contributed by atoms with Crippen molar-refractivity contribution >= 4 is 0 Å². The van der Waals surface area contributed by atoms with E-state index in [9.17, 15) is 0 Å². The van der Waals surface area contributed by atoms with Crippen LogP contribution in [-0.4, -0.2) is 21.6 Å². The lowest BCUT2D eigenvalue weighted by Gasteiger charge is -2.10. The largest absolute Gasteiger partial charge is 0.492 e. The van der Waals surface area contributed by atoms with Crippen molar-refractivity contribution in [3.8, 4) is 11.4 Å². The first-order chi connectivity index (χ1) is 7.86. The number of aromatic nitrogens is 3. The van der Waals surface area contributed by atoms with Crippen LogP contribution in [0.3, 0.4) is 0 Å². The molecule has 0 aliphatic rings. The Kier molecular flexibility index (Phi) is 3.16. The molecule has 2 rings (SSSR count). The second-order valence-electron chi connectivity index (χ2n) is 3.24. The van der Waals surface area contributed by atoms with Crippen molar-refractivity contribution in [1.82, 2.24) is 15.0 Å². The van der Waals surface area contributed by atoms with Gasteiger partial charge in [0.05, 0.1) is 18.5 Å². The van der Waals surface area contributed by atoms with Gasteiger partial charge in [0.1, 0.15) is 11.4 Å². The number of benzene rings is 1. The van der Waals surface area contributed by atoms with E-state index in [1.54, 1.807) is 10.9 Å². The highest BCUT2D eigenvalue weighted by Gasteiger charge is 2.09. The fourth-order valence-corrected chi connectivity index (χ4v) is 1.51. The fourth-order valence-electron chi connectivity index (χ4n) is 1.51. The lowest BCUT2D eigenvalue weighted by Crippen LogP contribution is -2.08. The zero-order chi connectivity index (χ0) is 11.4. The molecule has 0 aliphatic heterocycles. The number of hydrogen-bond donors (Lipinski definition) is 1. The minimum absolute atomic E-state index is 0.396. The van der Waals surface area contributed by atoms with Crippen LogP contribution in [-0.2, 0) is 6.54 Å². The first kappa shape index (κ1) is 10.6. The normalized spacial score (nSPS) is 10.4. The molecule has 0 radical (unpaired) electrons. The Labute approximate surface area is 93.8 Å². The van der Waals surface area contributed by atoms with Crippen LogP contribution in [0, 0.1) is 0 Å². The average Bonchev–Trinajstić information content (AvgIpc) is 2.78. The summed E-state index contributed by atoms with van der Waals surface area (Å²) >= 11 is 0. The Bertz CT molecular complexity index is 467. The molecule has 5 heteroatoms. The smallest absolute Gasteiger partial charge is 0.145 e. The highest BCUT2D eigenvalue weighted by atomic mass is 16.5. The molecule has 1 heterocycles. The molecule has 1 aromatic heterocycles. The van der Waals surface area contributed by atoms with Crippen molar-refractivity contribution in [2.75, 3.05) is 6.61 Å². The molecule has 0 unspecified atom stereocenters. The lowest BCUT2D eigenvalue weighted by atomic mass is 10.3. The summed E-state index contributed by atoms with van der Waals surface area (Å²) in [5, 5.41) is 7.85. The third-order valence-corrected chi connectivity index (χ3v) is 2.22. The van der Waals surface area contributed by atoms with Crippen LogP contribution < -0.4 is 10.5 Å². The van der Waals surface area contributed by atoms with Crippen LogP contribution in [0.4, 0.5) is 0 Å². The van der Waals surface area contributed by atoms with Gasteiger partial charge in [0, 0.05) is 6.54 Å². The second-order valence-corrected chi connectivity index (χ2v) is 3.24. The molecule has 0 spiro atoms. The van der Waals surface area contributed by atoms with Crippen molar-refractivity contribution in [2.24, 2.45) is 5.73 Å². The van der Waals surface area contributed by atoms with Gasteiger partial charge in [0.2, 0.25) is 0 Å². The standard InChI is InChI=1S/C11H14N4O/c1-2-16-11-6-4-3-5-10(11)15-9(7-12)8-13-14-15/h3-6,8H,2,7,12H2,1H3. The Balaban J connectivity index is 2.46. The van der Waals surface area contributed by atoms with Crippen LogP contribution in [0.1, 0.15) is 12.6 Å². The summed E-state index contributed by atoms with van der Waals surface area (Å²) in [5.74, 6) is 0.783. The molecule has 0 saturated heterocycles. The maximum Gasteiger partial charge on any atom is 0.145 e. The summed E-state index contributed by atoms with van der Waals surface area (Å²) in [5.41, 5.74) is 7.33. The summed E-state index contributed by atoms with van der Waals surface area (Å²) < 4.78 is 7.23. The second kappa shape index (κ2) is 4.76. The topological polar surface area (TPSA) is 66.0 Å². The molecule has 2 N–H and O–H groups in total. The predicted octanol–water partition coefficient (Wildman–Crippen LogP) is 1.12. The number of hydrogen-bond acceptors (Lipinski definition) is 4. The van der Waals surface area contributed by atoms with Crippen LogP contribution >= 0.6 is 0 Å². The molecule has 1 aromatic carbocycles. The monoisotopic (exact) mass is 218 g/mol. The zero-order valence-electron chi connectivity index (χ0n) is 9.13. The van der Waals surface area contributed by atoms with E-state index in [1.165, 1.54) is 0 Å². The van der Waals surface area contributed by atoms with Gasteiger partial charge in [0.25, 0.3) is 0 Å². The van der Waals surface area contributed by atoms with Crippen LogP contribution in [0.2, 0.25) is 0 Å². The van der Waals surface area contributed by atoms with Crippen molar-refractivity contribution in [1.29, 1.82) is 0 Å². The molecule has 2 aromatic rings. The molecule has 0 fully saturated rings. The van der Waals surface area contributed by atoms with Gasteiger partial charge >= 0.3 is 0 Å². The van der Waals surface area contributed by atoms with E-state index in [1.807, 2.05) is 31.2 Å². The van der Waals surface area contributed by atoms with Crippen molar-refractivity contribution in [3.05, 3.63) is 36.2 Å². The first-order valence-electron chi connectivity index (χ1n) is 5.18. The van der Waals surface area contributed by atoms with Crippen LogP contribution in [0.25, 0.3) is 5.69 Å². The van der Waals surface area contributed by atoms with E-state index >= 15 is 0 Å². The van der Waals surface area contributed by atoms with E-state index in [2.05, 4.69) is 10.3 Å². The Morgan fingerprint density at radius 1 is 1.38 bits per heavy atom. The molecular formula is C11H14N4O. The lowest BCUT2D eigenvalue weighted by molar-refractivity contribution is 0.338. The number of ether oxygens (including phenoxy) is 1. The highest BCUT2D eigenvalue weighted by Crippen LogP contribution is 2.22.